The zero-order chi connectivity index (χ0) is 14.3. The Labute approximate surface area is 132 Å². The van der Waals surface area contributed by atoms with Crippen molar-refractivity contribution in [1.82, 2.24) is 4.90 Å². The summed E-state index contributed by atoms with van der Waals surface area (Å²) in [5.74, 6) is 1.48. The fourth-order valence-electron chi connectivity index (χ4n) is 2.01. The van der Waals surface area contributed by atoms with E-state index < -0.39 is 0 Å². The van der Waals surface area contributed by atoms with Crippen molar-refractivity contribution in [3.8, 4) is 0 Å². The summed E-state index contributed by atoms with van der Waals surface area (Å²) in [4.78, 5) is 2.25. The molecule has 0 heterocycles. The van der Waals surface area contributed by atoms with Crippen LogP contribution in [0.1, 0.15) is 47.0 Å². The monoisotopic (exact) mass is 300 g/mol. The van der Waals surface area contributed by atoms with Crippen LogP contribution in [0.15, 0.2) is 22.3 Å². The van der Waals surface area contributed by atoms with E-state index in [4.69, 9.17) is 0 Å². The fraction of sp³-hybridized carbons (Fsp3) is 0.588. The molecule has 109 valence electrons. The maximum atomic E-state index is 3.54. The molecular weight excluding hydrogens is 270 g/mol. The van der Waals surface area contributed by atoms with Crippen LogP contribution in [-0.4, -0.2) is 25.5 Å². The minimum Gasteiger partial charge on any atom is -0.346 e. The van der Waals surface area contributed by atoms with Crippen LogP contribution in [0.25, 0.3) is 0 Å². The third kappa shape index (κ3) is 6.80. The van der Waals surface area contributed by atoms with E-state index in [0.29, 0.717) is 0 Å². The quantitative estimate of drug-likeness (QED) is 0.684. The second kappa shape index (κ2) is 10.7. The molecule has 0 aromatic rings. The molecule has 19 heavy (non-hydrogen) atoms. The zero-order valence-electron chi connectivity index (χ0n) is 13.6. The van der Waals surface area contributed by atoms with E-state index in [2.05, 4.69) is 60.5 Å². The van der Waals surface area contributed by atoms with Gasteiger partial charge in [0.15, 0.2) is 0 Å². The van der Waals surface area contributed by atoms with Gasteiger partial charge in [0.1, 0.15) is 0 Å². The Morgan fingerprint density at radius 2 is 1.32 bits per heavy atom. The Kier molecular flexibility index (Phi) is 12.0. The Morgan fingerprint density at radius 1 is 0.842 bits per heavy atom. The molecular formula is C17H30CrN. The summed E-state index contributed by atoms with van der Waals surface area (Å²) < 4.78 is 0. The molecule has 1 aliphatic rings. The van der Waals surface area contributed by atoms with Gasteiger partial charge in [-0.3, -0.25) is 0 Å². The van der Waals surface area contributed by atoms with E-state index >= 15 is 0 Å². The minimum atomic E-state index is 0. The maximum absolute atomic E-state index is 3.54. The van der Waals surface area contributed by atoms with Crippen molar-refractivity contribution in [3.05, 3.63) is 42.1 Å². The Bertz CT molecular complexity index is 311. The van der Waals surface area contributed by atoms with Crippen molar-refractivity contribution in [1.29, 1.82) is 0 Å². The van der Waals surface area contributed by atoms with Crippen molar-refractivity contribution < 1.29 is 17.4 Å². The smallest absolute Gasteiger partial charge is 0.346 e. The van der Waals surface area contributed by atoms with Gasteiger partial charge in [-0.25, -0.2) is 12.8 Å². The van der Waals surface area contributed by atoms with Crippen LogP contribution in [0.2, 0.25) is 0 Å². The fourth-order valence-corrected chi connectivity index (χ4v) is 2.01. The van der Waals surface area contributed by atoms with Crippen molar-refractivity contribution in [2.45, 2.75) is 47.0 Å². The molecule has 1 radical (unpaired) electrons. The average Bonchev–Trinajstić information content (AvgIpc) is 2.52. The third-order valence-corrected chi connectivity index (χ3v) is 3.65. The summed E-state index contributed by atoms with van der Waals surface area (Å²) in [6, 6.07) is 0. The van der Waals surface area contributed by atoms with Gasteiger partial charge in [-0.05, 0) is 52.4 Å². The van der Waals surface area contributed by atoms with E-state index in [0.717, 1.165) is 19.4 Å². The number of nitrogens with zero attached hydrogens (tertiary/aromatic N) is 1. The first kappa shape index (κ1) is 21.3. The Balaban J connectivity index is 0. The van der Waals surface area contributed by atoms with E-state index in [1.165, 1.54) is 29.1 Å². The first-order valence-electron chi connectivity index (χ1n) is 6.81. The van der Waals surface area contributed by atoms with Crippen molar-refractivity contribution in [2.75, 3.05) is 20.6 Å². The minimum absolute atomic E-state index is 0. The van der Waals surface area contributed by atoms with E-state index in [1.54, 1.807) is 5.57 Å². The second-order valence-electron chi connectivity index (χ2n) is 5.24. The SMILES string of the molecule is C[C]1C(C)=C(C)C(CCN(C)C)=C1C.[CH2-]CC[CH2-].[Cr+2]. The number of allylic oxidation sites excluding steroid dienone is 3. The molecule has 0 aliphatic heterocycles. The van der Waals surface area contributed by atoms with Gasteiger partial charge in [0.05, 0.1) is 0 Å². The molecule has 0 amide bonds. The van der Waals surface area contributed by atoms with Gasteiger partial charge < -0.3 is 18.7 Å². The molecule has 1 rings (SSSR count). The molecule has 0 unspecified atom stereocenters. The van der Waals surface area contributed by atoms with Crippen molar-refractivity contribution >= 4 is 0 Å². The van der Waals surface area contributed by atoms with Gasteiger partial charge in [-0.1, -0.05) is 18.1 Å². The predicted octanol–water partition coefficient (Wildman–Crippen LogP) is 4.63. The van der Waals surface area contributed by atoms with Gasteiger partial charge in [0.25, 0.3) is 0 Å². The van der Waals surface area contributed by atoms with Gasteiger partial charge >= 0.3 is 17.4 Å². The summed E-state index contributed by atoms with van der Waals surface area (Å²) in [6.07, 6.45) is 3.10. The average molecular weight is 300 g/mol. The Morgan fingerprint density at radius 3 is 1.58 bits per heavy atom. The molecule has 2 heteroatoms. The van der Waals surface area contributed by atoms with E-state index in [1.807, 2.05) is 0 Å². The van der Waals surface area contributed by atoms with Crippen LogP contribution >= 0.6 is 0 Å². The van der Waals surface area contributed by atoms with Crippen molar-refractivity contribution in [3.63, 3.8) is 0 Å². The normalized spacial score (nSPS) is 15.6. The number of unbranched alkanes of at least 4 members (excludes halogenated alkanes) is 1. The number of hydrogen-bond acceptors (Lipinski definition) is 1. The largest absolute Gasteiger partial charge is 2.00 e. The number of hydrogen-bond donors (Lipinski definition) is 0. The molecule has 0 aromatic heterocycles. The third-order valence-electron chi connectivity index (χ3n) is 3.65. The summed E-state index contributed by atoms with van der Waals surface area (Å²) in [5, 5.41) is 0. The van der Waals surface area contributed by atoms with Crippen LogP contribution < -0.4 is 0 Å². The van der Waals surface area contributed by atoms with Crippen LogP contribution in [0.3, 0.4) is 0 Å². The summed E-state index contributed by atoms with van der Waals surface area (Å²) in [5.41, 5.74) is 6.05. The molecule has 0 saturated carbocycles. The molecule has 1 aliphatic carbocycles. The van der Waals surface area contributed by atoms with Crippen LogP contribution in [-0.2, 0) is 17.4 Å². The zero-order valence-corrected chi connectivity index (χ0v) is 14.9. The van der Waals surface area contributed by atoms with Gasteiger partial charge in [0.2, 0.25) is 0 Å². The van der Waals surface area contributed by atoms with E-state index in [-0.39, 0.29) is 17.4 Å². The summed E-state index contributed by atoms with van der Waals surface area (Å²) >= 11 is 0. The molecule has 0 fully saturated rings. The van der Waals surface area contributed by atoms with E-state index in [9.17, 15) is 0 Å². The first-order chi connectivity index (χ1) is 8.36. The molecule has 0 atom stereocenters. The Hall–Kier alpha value is -0.0275. The topological polar surface area (TPSA) is 3.24 Å². The molecule has 0 N–H and O–H groups in total. The molecule has 0 spiro atoms. The first-order valence-corrected chi connectivity index (χ1v) is 6.81. The standard InChI is InChI=1S/C13H22N.C4H8.Cr/c1-9-10(2)12(4)13(11(9)3)7-8-14(5)6;1-3-4-2;/h7-8H2,1-6H3;1-4H2;/q;-2;+2. The predicted molar refractivity (Wildman–Crippen MR) is 83.1 cm³/mol. The van der Waals surface area contributed by atoms with Gasteiger partial charge in [-0.2, -0.15) is 0 Å². The van der Waals surface area contributed by atoms with Crippen molar-refractivity contribution in [2.24, 2.45) is 0 Å². The summed E-state index contributed by atoms with van der Waals surface area (Å²) in [6.45, 7) is 17.2. The van der Waals surface area contributed by atoms with Crippen LogP contribution in [0.5, 0.6) is 0 Å². The van der Waals surface area contributed by atoms with Crippen LogP contribution in [0, 0.1) is 19.8 Å². The summed E-state index contributed by atoms with van der Waals surface area (Å²) in [7, 11) is 4.26. The van der Waals surface area contributed by atoms with Crippen LogP contribution in [0.4, 0.5) is 0 Å². The molecule has 0 saturated heterocycles. The molecule has 0 aromatic carbocycles. The van der Waals surface area contributed by atoms with Gasteiger partial charge in [0, 0.05) is 12.5 Å². The molecule has 0 bridgehead atoms. The second-order valence-corrected chi connectivity index (χ2v) is 5.24. The number of rotatable bonds is 4. The molecule has 1 nitrogen and oxygen atoms in total. The van der Waals surface area contributed by atoms with Gasteiger partial charge in [-0.15, -0.1) is 0 Å². The maximum Gasteiger partial charge on any atom is 2.00 e.